The number of nitrogens with zero attached hydrogens (tertiary/aromatic N) is 1. The second-order valence-electron chi connectivity index (χ2n) is 7.05. The third-order valence-electron chi connectivity index (χ3n) is 5.07. The zero-order valence-electron chi connectivity index (χ0n) is 18.8. The molecular formula is C25H26N2O6. The van der Waals surface area contributed by atoms with E-state index < -0.39 is 18.5 Å². The molecule has 0 bridgehead atoms. The highest BCUT2D eigenvalue weighted by atomic mass is 16.5. The average Bonchev–Trinajstić information content (AvgIpc) is 2.86. The molecule has 0 saturated carbocycles. The number of amides is 2. The van der Waals surface area contributed by atoms with Crippen LogP contribution in [0.2, 0.25) is 0 Å². The number of carbonyl (C=O) groups is 3. The normalized spacial score (nSPS) is 10.4. The number of likely N-dealkylation sites (N-methyl/N-ethyl adjacent to an activating group) is 1. The first-order valence-electron chi connectivity index (χ1n) is 10.4. The Hall–Kier alpha value is -4.07. The maximum Gasteiger partial charge on any atom is 0.325 e. The second-order valence-corrected chi connectivity index (χ2v) is 7.05. The number of ether oxygens (including phenoxy) is 3. The van der Waals surface area contributed by atoms with E-state index in [0.29, 0.717) is 23.6 Å². The van der Waals surface area contributed by atoms with Crippen LogP contribution in [-0.4, -0.2) is 51.7 Å². The van der Waals surface area contributed by atoms with Gasteiger partial charge in [0.15, 0.2) is 18.1 Å². The van der Waals surface area contributed by atoms with E-state index in [-0.39, 0.29) is 12.5 Å². The number of benzene rings is 3. The minimum absolute atomic E-state index is 0.296. The van der Waals surface area contributed by atoms with Gasteiger partial charge in [-0.1, -0.05) is 36.4 Å². The molecule has 0 aliphatic rings. The van der Waals surface area contributed by atoms with Crippen molar-refractivity contribution in [3.05, 3.63) is 66.2 Å². The summed E-state index contributed by atoms with van der Waals surface area (Å²) in [5.74, 6) is -0.671. The van der Waals surface area contributed by atoms with E-state index in [1.54, 1.807) is 17.0 Å². The van der Waals surface area contributed by atoms with Crippen LogP contribution in [-0.2, 0) is 14.3 Å². The zero-order valence-corrected chi connectivity index (χ0v) is 18.8. The van der Waals surface area contributed by atoms with Gasteiger partial charge in [-0.2, -0.15) is 0 Å². The van der Waals surface area contributed by atoms with Gasteiger partial charge in [0, 0.05) is 17.5 Å². The van der Waals surface area contributed by atoms with Crippen molar-refractivity contribution in [3.8, 4) is 11.5 Å². The van der Waals surface area contributed by atoms with Crippen molar-refractivity contribution >= 4 is 34.2 Å². The van der Waals surface area contributed by atoms with Gasteiger partial charge in [-0.25, -0.2) is 0 Å². The number of hydrogen-bond acceptors (Lipinski definition) is 6. The smallest absolute Gasteiger partial charge is 0.325 e. The first kappa shape index (κ1) is 23.6. The average molecular weight is 450 g/mol. The lowest BCUT2D eigenvalue weighted by Crippen LogP contribution is -2.36. The Morgan fingerprint density at radius 3 is 2.36 bits per heavy atom. The van der Waals surface area contributed by atoms with Gasteiger partial charge in [0.05, 0.1) is 19.9 Å². The highest BCUT2D eigenvalue weighted by Gasteiger charge is 2.19. The molecule has 0 saturated heterocycles. The number of rotatable bonds is 9. The lowest BCUT2D eigenvalue weighted by molar-refractivity contribution is -0.146. The van der Waals surface area contributed by atoms with Crippen LogP contribution in [0.15, 0.2) is 60.7 Å². The van der Waals surface area contributed by atoms with Gasteiger partial charge >= 0.3 is 5.97 Å². The molecule has 1 N–H and O–H groups in total. The summed E-state index contributed by atoms with van der Waals surface area (Å²) in [5, 5.41) is 4.42. The molecule has 2 amide bonds. The minimum atomic E-state index is -0.717. The van der Waals surface area contributed by atoms with Crippen LogP contribution in [0.25, 0.3) is 10.8 Å². The molecule has 8 heteroatoms. The molecule has 0 fully saturated rings. The molecule has 0 aromatic heterocycles. The summed E-state index contributed by atoms with van der Waals surface area (Å²) in [6.45, 7) is 1.47. The minimum Gasteiger partial charge on any atom is -0.493 e. The molecule has 3 aromatic carbocycles. The number of fused-ring (bicyclic) bond motifs is 1. The Balaban J connectivity index is 1.56. The molecule has 0 unspecified atom stereocenters. The van der Waals surface area contributed by atoms with E-state index in [1.165, 1.54) is 20.3 Å². The number of nitrogens with one attached hydrogen (secondary N) is 1. The van der Waals surface area contributed by atoms with Crippen LogP contribution < -0.4 is 19.7 Å². The molecule has 0 radical (unpaired) electrons. The molecule has 172 valence electrons. The third kappa shape index (κ3) is 5.60. The van der Waals surface area contributed by atoms with E-state index in [0.717, 1.165) is 16.5 Å². The van der Waals surface area contributed by atoms with Crippen molar-refractivity contribution in [2.45, 2.75) is 6.92 Å². The highest BCUT2D eigenvalue weighted by molar-refractivity contribution is 6.04. The summed E-state index contributed by atoms with van der Waals surface area (Å²) >= 11 is 0. The lowest BCUT2D eigenvalue weighted by Gasteiger charge is -2.22. The molecule has 3 rings (SSSR count). The van der Waals surface area contributed by atoms with Crippen molar-refractivity contribution < 1.29 is 28.6 Å². The second kappa shape index (κ2) is 11.0. The van der Waals surface area contributed by atoms with Crippen LogP contribution in [0.5, 0.6) is 11.5 Å². The summed E-state index contributed by atoms with van der Waals surface area (Å²) in [5.41, 5.74) is 1.04. The van der Waals surface area contributed by atoms with Gasteiger partial charge in [-0.15, -0.1) is 0 Å². The number of hydrogen-bond donors (Lipinski definition) is 1. The number of anilines is 1. The van der Waals surface area contributed by atoms with Crippen LogP contribution in [0.4, 0.5) is 5.69 Å². The van der Waals surface area contributed by atoms with E-state index in [1.807, 2.05) is 49.4 Å². The van der Waals surface area contributed by atoms with Crippen LogP contribution in [0.1, 0.15) is 17.3 Å². The van der Waals surface area contributed by atoms with Crippen molar-refractivity contribution in [1.82, 2.24) is 5.32 Å². The van der Waals surface area contributed by atoms with Crippen molar-refractivity contribution in [2.24, 2.45) is 0 Å². The van der Waals surface area contributed by atoms with Gasteiger partial charge in [-0.05, 0) is 36.6 Å². The van der Waals surface area contributed by atoms with E-state index >= 15 is 0 Å². The molecule has 0 atom stereocenters. The standard InChI is InChI=1S/C25H26N2O6/c1-4-27(20-11-7-9-17-8-5-6-10-19(17)20)23(28)16-33-24(29)15-26-25(30)18-12-13-21(31-2)22(14-18)32-3/h5-14H,4,15-16H2,1-3H3,(H,26,30). The first-order chi connectivity index (χ1) is 16.0. The number of carbonyl (C=O) groups excluding carboxylic acids is 3. The first-order valence-corrected chi connectivity index (χ1v) is 10.4. The number of methoxy groups -OCH3 is 2. The van der Waals surface area contributed by atoms with Gasteiger partial charge in [-0.3, -0.25) is 14.4 Å². The fraction of sp³-hybridized carbons (Fsp3) is 0.240. The summed E-state index contributed by atoms with van der Waals surface area (Å²) in [6.07, 6.45) is 0. The van der Waals surface area contributed by atoms with Gasteiger partial charge in [0.2, 0.25) is 0 Å². The monoisotopic (exact) mass is 450 g/mol. The predicted molar refractivity (Wildman–Crippen MR) is 125 cm³/mol. The van der Waals surface area contributed by atoms with Gasteiger partial charge < -0.3 is 24.4 Å². The fourth-order valence-corrected chi connectivity index (χ4v) is 3.43. The topological polar surface area (TPSA) is 94.2 Å². The SMILES string of the molecule is CCN(C(=O)COC(=O)CNC(=O)c1ccc(OC)c(OC)c1)c1cccc2ccccc12. The molecule has 0 heterocycles. The Kier molecular flexibility index (Phi) is 7.86. The van der Waals surface area contributed by atoms with Crippen molar-refractivity contribution in [2.75, 3.05) is 38.8 Å². The molecule has 0 aliphatic carbocycles. The molecule has 0 aliphatic heterocycles. The van der Waals surface area contributed by atoms with E-state index in [4.69, 9.17) is 14.2 Å². The number of esters is 1. The Labute approximate surface area is 192 Å². The third-order valence-corrected chi connectivity index (χ3v) is 5.07. The molecule has 3 aromatic rings. The predicted octanol–water partition coefficient (Wildman–Crippen LogP) is 3.18. The molecular weight excluding hydrogens is 424 g/mol. The summed E-state index contributed by atoms with van der Waals surface area (Å²) in [7, 11) is 2.96. The maximum absolute atomic E-state index is 12.7. The highest BCUT2D eigenvalue weighted by Crippen LogP contribution is 2.28. The molecule has 8 nitrogen and oxygen atoms in total. The lowest BCUT2D eigenvalue weighted by atomic mass is 10.1. The van der Waals surface area contributed by atoms with Gasteiger partial charge in [0.1, 0.15) is 6.54 Å². The van der Waals surface area contributed by atoms with E-state index in [9.17, 15) is 14.4 Å². The summed E-state index contributed by atoms with van der Waals surface area (Å²) < 4.78 is 15.4. The van der Waals surface area contributed by atoms with Crippen LogP contribution in [0, 0.1) is 0 Å². The maximum atomic E-state index is 12.7. The van der Waals surface area contributed by atoms with Gasteiger partial charge in [0.25, 0.3) is 11.8 Å². The fourth-order valence-electron chi connectivity index (χ4n) is 3.43. The van der Waals surface area contributed by atoms with Crippen molar-refractivity contribution in [1.29, 1.82) is 0 Å². The molecule has 0 spiro atoms. The summed E-state index contributed by atoms with van der Waals surface area (Å²) in [6, 6.07) is 18.1. The van der Waals surface area contributed by atoms with E-state index in [2.05, 4.69) is 5.32 Å². The zero-order chi connectivity index (χ0) is 23.8. The largest absolute Gasteiger partial charge is 0.493 e. The van der Waals surface area contributed by atoms with Crippen LogP contribution >= 0.6 is 0 Å². The van der Waals surface area contributed by atoms with Crippen LogP contribution in [0.3, 0.4) is 0 Å². The summed E-state index contributed by atoms with van der Waals surface area (Å²) in [4.78, 5) is 38.8. The molecule has 33 heavy (non-hydrogen) atoms. The Morgan fingerprint density at radius 2 is 1.64 bits per heavy atom. The van der Waals surface area contributed by atoms with Crippen molar-refractivity contribution in [3.63, 3.8) is 0 Å². The quantitative estimate of drug-likeness (QED) is 0.503. The Bertz CT molecular complexity index is 1160. The Morgan fingerprint density at radius 1 is 0.909 bits per heavy atom.